The van der Waals surface area contributed by atoms with Crippen LogP contribution in [0.25, 0.3) is 0 Å². The molecule has 4 nitrogen and oxygen atoms in total. The predicted molar refractivity (Wildman–Crippen MR) is 87.2 cm³/mol. The van der Waals surface area contributed by atoms with Crippen molar-refractivity contribution in [3.8, 4) is 0 Å². The summed E-state index contributed by atoms with van der Waals surface area (Å²) in [6.45, 7) is 11.1. The monoisotopic (exact) mass is 305 g/mol. The summed E-state index contributed by atoms with van der Waals surface area (Å²) in [7, 11) is 0. The minimum Gasteiger partial charge on any atom is -0.350 e. The van der Waals surface area contributed by atoms with Crippen LogP contribution in [-0.2, 0) is 4.79 Å². The van der Waals surface area contributed by atoms with Gasteiger partial charge in [-0.1, -0.05) is 6.92 Å². The summed E-state index contributed by atoms with van der Waals surface area (Å²) in [5, 5.41) is 3.14. The smallest absolute Gasteiger partial charge is 0.237 e. The van der Waals surface area contributed by atoms with Crippen molar-refractivity contribution in [2.24, 2.45) is 11.7 Å². The van der Waals surface area contributed by atoms with Crippen LogP contribution in [-0.4, -0.2) is 42.0 Å². The largest absolute Gasteiger partial charge is 0.350 e. The lowest BCUT2D eigenvalue weighted by Crippen LogP contribution is -2.53. The van der Waals surface area contributed by atoms with Crippen molar-refractivity contribution >= 4 is 18.3 Å². The zero-order valence-corrected chi connectivity index (χ0v) is 14.3. The quantitative estimate of drug-likeness (QED) is 0.790. The first-order chi connectivity index (χ1) is 8.89. The van der Waals surface area contributed by atoms with Crippen LogP contribution in [0.5, 0.6) is 0 Å². The Labute approximate surface area is 130 Å². The lowest BCUT2D eigenvalue weighted by molar-refractivity contribution is -0.128. The molecule has 0 aliphatic carbocycles. The van der Waals surface area contributed by atoms with E-state index in [1.165, 1.54) is 12.8 Å². The standard InChI is InChI=1S/C15H31N3O.ClH/c1-5-15(3,4)17-14(19)12(2)18-10-6-7-13(11-18)8-9-16;/h12-13H,5-11,16H2,1-4H3,(H,17,19);1H. The van der Waals surface area contributed by atoms with Gasteiger partial charge < -0.3 is 11.1 Å². The van der Waals surface area contributed by atoms with E-state index < -0.39 is 0 Å². The first kappa shape index (κ1) is 19.7. The van der Waals surface area contributed by atoms with E-state index in [9.17, 15) is 4.79 Å². The Kier molecular flexibility index (Phi) is 8.71. The van der Waals surface area contributed by atoms with Gasteiger partial charge in [-0.25, -0.2) is 0 Å². The van der Waals surface area contributed by atoms with Gasteiger partial charge in [-0.05, 0) is 65.5 Å². The van der Waals surface area contributed by atoms with Gasteiger partial charge in [0.25, 0.3) is 0 Å². The van der Waals surface area contributed by atoms with Crippen LogP contribution in [0.1, 0.15) is 53.4 Å². The maximum absolute atomic E-state index is 12.3. The van der Waals surface area contributed by atoms with E-state index in [4.69, 9.17) is 5.73 Å². The molecule has 2 atom stereocenters. The number of piperidine rings is 1. The second-order valence-electron chi connectivity index (χ2n) is 6.48. The third kappa shape index (κ3) is 5.98. The molecule has 0 aromatic heterocycles. The fraction of sp³-hybridized carbons (Fsp3) is 0.933. The molecule has 1 saturated heterocycles. The van der Waals surface area contributed by atoms with Crippen molar-refractivity contribution in [1.82, 2.24) is 10.2 Å². The van der Waals surface area contributed by atoms with E-state index >= 15 is 0 Å². The first-order valence-electron chi connectivity index (χ1n) is 7.65. The molecule has 0 aromatic carbocycles. The van der Waals surface area contributed by atoms with Gasteiger partial charge in [0.1, 0.15) is 0 Å². The molecule has 1 aliphatic rings. The molecule has 0 saturated carbocycles. The number of nitrogens with two attached hydrogens (primary N) is 1. The molecule has 0 aromatic rings. The Balaban J connectivity index is 0.00000361. The summed E-state index contributed by atoms with van der Waals surface area (Å²) in [6, 6.07) is -0.0357. The van der Waals surface area contributed by atoms with Gasteiger partial charge in [0.05, 0.1) is 6.04 Å². The number of likely N-dealkylation sites (tertiary alicyclic amines) is 1. The highest BCUT2D eigenvalue weighted by Gasteiger charge is 2.29. The number of rotatable bonds is 6. The van der Waals surface area contributed by atoms with Crippen LogP contribution in [0.15, 0.2) is 0 Å². The number of halogens is 1. The van der Waals surface area contributed by atoms with E-state index in [1.807, 2.05) is 6.92 Å². The van der Waals surface area contributed by atoms with E-state index in [0.29, 0.717) is 5.92 Å². The van der Waals surface area contributed by atoms with Gasteiger partial charge in [-0.3, -0.25) is 9.69 Å². The van der Waals surface area contributed by atoms with E-state index in [0.717, 1.165) is 32.5 Å². The van der Waals surface area contributed by atoms with Crippen LogP contribution in [0.2, 0.25) is 0 Å². The van der Waals surface area contributed by atoms with E-state index in [2.05, 4.69) is 31.0 Å². The predicted octanol–water partition coefficient (Wildman–Crippen LogP) is 2.16. The molecule has 120 valence electrons. The Morgan fingerprint density at radius 2 is 2.15 bits per heavy atom. The zero-order valence-electron chi connectivity index (χ0n) is 13.4. The summed E-state index contributed by atoms with van der Waals surface area (Å²) in [6.07, 6.45) is 4.45. The molecule has 1 amide bonds. The zero-order chi connectivity index (χ0) is 14.5. The Hall–Kier alpha value is -0.320. The summed E-state index contributed by atoms with van der Waals surface area (Å²) in [5.41, 5.74) is 5.53. The van der Waals surface area contributed by atoms with E-state index in [1.54, 1.807) is 0 Å². The average Bonchev–Trinajstić information content (AvgIpc) is 2.38. The fourth-order valence-corrected chi connectivity index (χ4v) is 2.61. The van der Waals surface area contributed by atoms with Crippen molar-refractivity contribution in [1.29, 1.82) is 0 Å². The van der Waals surface area contributed by atoms with Gasteiger partial charge in [-0.2, -0.15) is 0 Å². The number of hydrogen-bond donors (Lipinski definition) is 2. The molecule has 0 spiro atoms. The second-order valence-corrected chi connectivity index (χ2v) is 6.48. The van der Waals surface area contributed by atoms with Gasteiger partial charge in [0, 0.05) is 12.1 Å². The van der Waals surface area contributed by atoms with Gasteiger partial charge >= 0.3 is 0 Å². The van der Waals surface area contributed by atoms with Crippen molar-refractivity contribution in [3.05, 3.63) is 0 Å². The number of carbonyl (C=O) groups is 1. The molecule has 0 radical (unpaired) electrons. The molecule has 20 heavy (non-hydrogen) atoms. The fourth-order valence-electron chi connectivity index (χ4n) is 2.61. The van der Waals surface area contributed by atoms with Gasteiger partial charge in [-0.15, -0.1) is 12.4 Å². The lowest BCUT2D eigenvalue weighted by Gasteiger charge is -2.37. The Bertz CT molecular complexity index is 295. The molecule has 5 heteroatoms. The van der Waals surface area contributed by atoms with Crippen LogP contribution in [0, 0.1) is 5.92 Å². The van der Waals surface area contributed by atoms with Crippen LogP contribution in [0.3, 0.4) is 0 Å². The van der Waals surface area contributed by atoms with Gasteiger partial charge in [0.2, 0.25) is 5.91 Å². The van der Waals surface area contributed by atoms with Crippen molar-refractivity contribution in [2.45, 2.75) is 65.0 Å². The van der Waals surface area contributed by atoms with Gasteiger partial charge in [0.15, 0.2) is 0 Å². The molecule has 1 rings (SSSR count). The molecule has 2 unspecified atom stereocenters. The third-order valence-electron chi connectivity index (χ3n) is 4.40. The first-order valence-corrected chi connectivity index (χ1v) is 7.65. The average molecular weight is 306 g/mol. The molecule has 0 bridgehead atoms. The molecular formula is C15H32ClN3O. The molecule has 3 N–H and O–H groups in total. The number of nitrogens with one attached hydrogen (secondary N) is 1. The van der Waals surface area contributed by atoms with Crippen molar-refractivity contribution in [2.75, 3.05) is 19.6 Å². The van der Waals surface area contributed by atoms with Crippen molar-refractivity contribution in [3.63, 3.8) is 0 Å². The molecule has 1 aliphatic heterocycles. The number of carbonyl (C=O) groups excluding carboxylic acids is 1. The number of amides is 1. The normalized spacial score (nSPS) is 21.9. The Morgan fingerprint density at radius 1 is 1.50 bits per heavy atom. The molecule has 1 fully saturated rings. The molecule has 1 heterocycles. The second kappa shape index (κ2) is 8.85. The highest BCUT2D eigenvalue weighted by atomic mass is 35.5. The highest BCUT2D eigenvalue weighted by molar-refractivity contribution is 5.85. The minimum atomic E-state index is -0.113. The Morgan fingerprint density at radius 3 is 2.70 bits per heavy atom. The topological polar surface area (TPSA) is 58.4 Å². The number of hydrogen-bond acceptors (Lipinski definition) is 3. The van der Waals surface area contributed by atoms with Crippen LogP contribution in [0.4, 0.5) is 0 Å². The van der Waals surface area contributed by atoms with Crippen LogP contribution >= 0.6 is 12.4 Å². The van der Waals surface area contributed by atoms with E-state index in [-0.39, 0.29) is 29.9 Å². The summed E-state index contributed by atoms with van der Waals surface area (Å²) in [4.78, 5) is 14.6. The maximum atomic E-state index is 12.3. The summed E-state index contributed by atoms with van der Waals surface area (Å²) >= 11 is 0. The minimum absolute atomic E-state index is 0. The van der Waals surface area contributed by atoms with Crippen LogP contribution < -0.4 is 11.1 Å². The third-order valence-corrected chi connectivity index (χ3v) is 4.40. The highest BCUT2D eigenvalue weighted by Crippen LogP contribution is 2.21. The van der Waals surface area contributed by atoms with Crippen molar-refractivity contribution < 1.29 is 4.79 Å². The number of nitrogens with zero attached hydrogens (tertiary/aromatic N) is 1. The molecular weight excluding hydrogens is 274 g/mol. The lowest BCUT2D eigenvalue weighted by atomic mass is 9.93. The summed E-state index contributed by atoms with van der Waals surface area (Å²) in [5.74, 6) is 0.813. The SMILES string of the molecule is CCC(C)(C)NC(=O)C(C)N1CCCC(CCN)C1.Cl. The summed E-state index contributed by atoms with van der Waals surface area (Å²) < 4.78 is 0. The maximum Gasteiger partial charge on any atom is 0.237 e.